The minimum Gasteiger partial charge on any atom is -0.445 e. The lowest BCUT2D eigenvalue weighted by atomic mass is 10.1. The third kappa shape index (κ3) is 3.62. The zero-order valence-corrected chi connectivity index (χ0v) is 11.4. The largest absolute Gasteiger partial charge is 0.445 e. The van der Waals surface area contributed by atoms with E-state index in [4.69, 9.17) is 4.42 Å². The number of para-hydroxylation sites is 1. The molecule has 0 saturated heterocycles. The highest BCUT2D eigenvalue weighted by Crippen LogP contribution is 2.34. The minimum absolute atomic E-state index is 0.168. The molecule has 1 heterocycles. The summed E-state index contributed by atoms with van der Waals surface area (Å²) in [5.74, 6) is 0.159. The molecule has 0 saturated carbocycles. The Morgan fingerprint density at radius 1 is 1.29 bits per heavy atom. The molecular weight excluding hydrogens is 285 g/mol. The van der Waals surface area contributed by atoms with E-state index < -0.39 is 17.6 Å². The van der Waals surface area contributed by atoms with Gasteiger partial charge in [0.1, 0.15) is 5.76 Å². The van der Waals surface area contributed by atoms with Crippen LogP contribution < -0.4 is 5.32 Å². The van der Waals surface area contributed by atoms with E-state index in [1.807, 2.05) is 0 Å². The maximum absolute atomic E-state index is 12.8. The number of oxazole rings is 1. The summed E-state index contributed by atoms with van der Waals surface area (Å²) in [4.78, 5) is 15.9. The molecule has 0 aliphatic rings. The molecule has 0 radical (unpaired) electrons. The van der Waals surface area contributed by atoms with Crippen LogP contribution in [0.25, 0.3) is 0 Å². The molecule has 2 aromatic rings. The number of benzene rings is 1. The van der Waals surface area contributed by atoms with Gasteiger partial charge in [-0.2, -0.15) is 13.2 Å². The molecule has 21 heavy (non-hydrogen) atoms. The average molecular weight is 298 g/mol. The summed E-state index contributed by atoms with van der Waals surface area (Å²) in [5, 5.41) is 2.26. The number of alkyl halides is 3. The van der Waals surface area contributed by atoms with Crippen molar-refractivity contribution < 1.29 is 22.4 Å². The van der Waals surface area contributed by atoms with Crippen molar-refractivity contribution in [1.29, 1.82) is 0 Å². The highest BCUT2D eigenvalue weighted by molar-refractivity contribution is 5.92. The first kappa shape index (κ1) is 15.1. The lowest BCUT2D eigenvalue weighted by Crippen LogP contribution is -2.18. The van der Waals surface area contributed by atoms with Gasteiger partial charge < -0.3 is 9.73 Å². The Morgan fingerprint density at radius 3 is 2.52 bits per heavy atom. The van der Waals surface area contributed by atoms with Gasteiger partial charge in [0.25, 0.3) is 0 Å². The molecular formula is C14H13F3N2O2. The van der Waals surface area contributed by atoms with E-state index in [2.05, 4.69) is 10.3 Å². The molecule has 1 aromatic heterocycles. The summed E-state index contributed by atoms with van der Waals surface area (Å²) >= 11 is 0. The summed E-state index contributed by atoms with van der Waals surface area (Å²) in [5.41, 5.74) is -0.612. The molecule has 0 atom stereocenters. The standard InChI is InChI=1S/C14H13F3N2O2/c1-8-12(21-9(2)18-8)7-13(20)19-11-6-4-3-5-10(11)14(15,16)17/h3-6H,7H2,1-2H3,(H,19,20). The van der Waals surface area contributed by atoms with E-state index >= 15 is 0 Å². The second kappa shape index (κ2) is 5.59. The Kier molecular flexibility index (Phi) is 4.02. The van der Waals surface area contributed by atoms with Crippen LogP contribution in [0.5, 0.6) is 0 Å². The molecule has 1 aromatic carbocycles. The number of amides is 1. The van der Waals surface area contributed by atoms with Crippen molar-refractivity contribution in [3.05, 3.63) is 47.2 Å². The second-order valence-corrected chi connectivity index (χ2v) is 4.51. The van der Waals surface area contributed by atoms with E-state index in [1.165, 1.54) is 18.2 Å². The SMILES string of the molecule is Cc1nc(C)c(CC(=O)Nc2ccccc2C(F)(F)F)o1. The van der Waals surface area contributed by atoms with Crippen LogP contribution in [0.1, 0.15) is 22.9 Å². The van der Waals surface area contributed by atoms with E-state index in [9.17, 15) is 18.0 Å². The van der Waals surface area contributed by atoms with Gasteiger partial charge in [-0.05, 0) is 19.1 Å². The number of hydrogen-bond donors (Lipinski definition) is 1. The van der Waals surface area contributed by atoms with Gasteiger partial charge in [0.15, 0.2) is 5.89 Å². The maximum atomic E-state index is 12.8. The topological polar surface area (TPSA) is 55.1 Å². The van der Waals surface area contributed by atoms with Gasteiger partial charge in [-0.25, -0.2) is 4.98 Å². The Morgan fingerprint density at radius 2 is 1.95 bits per heavy atom. The van der Waals surface area contributed by atoms with Crippen molar-refractivity contribution in [3.63, 3.8) is 0 Å². The van der Waals surface area contributed by atoms with Crippen LogP contribution in [-0.2, 0) is 17.4 Å². The molecule has 0 aliphatic heterocycles. The number of hydrogen-bond acceptors (Lipinski definition) is 3. The summed E-state index contributed by atoms with van der Waals surface area (Å²) < 4.78 is 43.7. The minimum atomic E-state index is -4.53. The van der Waals surface area contributed by atoms with Gasteiger partial charge in [0, 0.05) is 6.92 Å². The molecule has 4 nitrogen and oxygen atoms in total. The van der Waals surface area contributed by atoms with Crippen LogP contribution in [0.3, 0.4) is 0 Å². The van der Waals surface area contributed by atoms with Crippen molar-refractivity contribution in [2.75, 3.05) is 5.32 Å². The highest BCUT2D eigenvalue weighted by atomic mass is 19.4. The van der Waals surface area contributed by atoms with Crippen molar-refractivity contribution in [2.24, 2.45) is 0 Å². The predicted molar refractivity (Wildman–Crippen MR) is 69.8 cm³/mol. The summed E-state index contributed by atoms with van der Waals surface area (Å²) in [6.07, 6.45) is -4.69. The van der Waals surface area contributed by atoms with Crippen LogP contribution >= 0.6 is 0 Å². The molecule has 1 N–H and O–H groups in total. The number of anilines is 1. The molecule has 1 amide bonds. The lowest BCUT2D eigenvalue weighted by molar-refractivity contribution is -0.137. The first-order chi connectivity index (χ1) is 9.77. The molecule has 0 spiro atoms. The molecule has 112 valence electrons. The monoisotopic (exact) mass is 298 g/mol. The fourth-order valence-electron chi connectivity index (χ4n) is 1.92. The lowest BCUT2D eigenvalue weighted by Gasteiger charge is -2.13. The van der Waals surface area contributed by atoms with Gasteiger partial charge >= 0.3 is 6.18 Å². The number of carbonyl (C=O) groups excluding carboxylic acids is 1. The van der Waals surface area contributed by atoms with E-state index in [0.29, 0.717) is 17.3 Å². The number of nitrogens with zero attached hydrogens (tertiary/aromatic N) is 1. The third-order valence-corrected chi connectivity index (χ3v) is 2.83. The zero-order valence-electron chi connectivity index (χ0n) is 11.4. The molecule has 7 heteroatoms. The molecule has 2 rings (SSSR count). The number of rotatable bonds is 3. The molecule has 0 aliphatic carbocycles. The quantitative estimate of drug-likeness (QED) is 0.943. The summed E-state index contributed by atoms with van der Waals surface area (Å²) in [6, 6.07) is 4.82. The zero-order chi connectivity index (χ0) is 15.6. The molecule has 0 bridgehead atoms. The highest BCUT2D eigenvalue weighted by Gasteiger charge is 2.33. The van der Waals surface area contributed by atoms with E-state index in [0.717, 1.165) is 6.07 Å². The fraction of sp³-hybridized carbons (Fsp3) is 0.286. The molecule has 0 unspecified atom stereocenters. The second-order valence-electron chi connectivity index (χ2n) is 4.51. The van der Waals surface area contributed by atoms with Gasteiger partial charge in [0.2, 0.25) is 5.91 Å². The number of nitrogens with one attached hydrogen (secondary N) is 1. The van der Waals surface area contributed by atoms with Crippen molar-refractivity contribution in [3.8, 4) is 0 Å². The Bertz CT molecular complexity index is 662. The van der Waals surface area contributed by atoms with E-state index in [-0.39, 0.29) is 12.1 Å². The van der Waals surface area contributed by atoms with Crippen LogP contribution in [0, 0.1) is 13.8 Å². The van der Waals surface area contributed by atoms with Crippen molar-refractivity contribution in [2.45, 2.75) is 26.4 Å². The van der Waals surface area contributed by atoms with Crippen LogP contribution in [-0.4, -0.2) is 10.9 Å². The normalized spacial score (nSPS) is 11.5. The smallest absolute Gasteiger partial charge is 0.418 e. The van der Waals surface area contributed by atoms with Crippen LogP contribution in [0.2, 0.25) is 0 Å². The number of aromatic nitrogens is 1. The van der Waals surface area contributed by atoms with Gasteiger partial charge in [-0.1, -0.05) is 12.1 Å². The van der Waals surface area contributed by atoms with E-state index in [1.54, 1.807) is 13.8 Å². The average Bonchev–Trinajstić information content (AvgIpc) is 2.67. The van der Waals surface area contributed by atoms with Crippen LogP contribution in [0.4, 0.5) is 18.9 Å². The van der Waals surface area contributed by atoms with Crippen LogP contribution in [0.15, 0.2) is 28.7 Å². The first-order valence-corrected chi connectivity index (χ1v) is 6.16. The summed E-state index contributed by atoms with van der Waals surface area (Å²) in [7, 11) is 0. The van der Waals surface area contributed by atoms with Gasteiger partial charge in [0.05, 0.1) is 23.4 Å². The van der Waals surface area contributed by atoms with Crippen molar-refractivity contribution >= 4 is 11.6 Å². The maximum Gasteiger partial charge on any atom is 0.418 e. The van der Waals surface area contributed by atoms with Crippen molar-refractivity contribution in [1.82, 2.24) is 4.98 Å². The third-order valence-electron chi connectivity index (χ3n) is 2.83. The Balaban J connectivity index is 2.15. The Labute approximate surface area is 119 Å². The predicted octanol–water partition coefficient (Wildman–Crippen LogP) is 3.49. The number of aryl methyl sites for hydroxylation is 2. The summed E-state index contributed by atoms with van der Waals surface area (Å²) in [6.45, 7) is 3.30. The number of halogens is 3. The number of carbonyl (C=O) groups is 1. The van der Waals surface area contributed by atoms with Gasteiger partial charge in [-0.15, -0.1) is 0 Å². The Hall–Kier alpha value is -2.31. The first-order valence-electron chi connectivity index (χ1n) is 6.16. The molecule has 0 fully saturated rings. The van der Waals surface area contributed by atoms with Gasteiger partial charge in [-0.3, -0.25) is 4.79 Å². The fourth-order valence-corrected chi connectivity index (χ4v) is 1.92.